The molecule has 1 aliphatic heterocycles. The Morgan fingerprint density at radius 2 is 2.12 bits per heavy atom. The summed E-state index contributed by atoms with van der Waals surface area (Å²) in [6, 6.07) is 7.47. The molecule has 1 atom stereocenters. The van der Waals surface area contributed by atoms with Gasteiger partial charge in [0.25, 0.3) is 0 Å². The van der Waals surface area contributed by atoms with Gasteiger partial charge < -0.3 is 14.2 Å². The third-order valence-corrected chi connectivity index (χ3v) is 2.42. The summed E-state index contributed by atoms with van der Waals surface area (Å²) in [5, 5.41) is 0. The number of benzene rings is 1. The SMILES string of the molecule is CCOC(=O)Cc1ccc(OC[C@@H]2CO2)cc1. The van der Waals surface area contributed by atoms with Crippen LogP contribution >= 0.6 is 0 Å². The van der Waals surface area contributed by atoms with Gasteiger partial charge >= 0.3 is 5.97 Å². The van der Waals surface area contributed by atoms with E-state index in [0.29, 0.717) is 19.6 Å². The van der Waals surface area contributed by atoms with E-state index in [1.165, 1.54) is 0 Å². The van der Waals surface area contributed by atoms with Crippen molar-refractivity contribution in [3.8, 4) is 5.75 Å². The van der Waals surface area contributed by atoms with Gasteiger partial charge in [-0.15, -0.1) is 0 Å². The average Bonchev–Trinajstić information content (AvgIpc) is 3.12. The molecule has 0 amide bonds. The van der Waals surface area contributed by atoms with Crippen molar-refractivity contribution in [2.45, 2.75) is 19.4 Å². The minimum Gasteiger partial charge on any atom is -0.491 e. The topological polar surface area (TPSA) is 48.1 Å². The maximum atomic E-state index is 11.3. The second kappa shape index (κ2) is 5.68. The van der Waals surface area contributed by atoms with Gasteiger partial charge in [-0.05, 0) is 24.6 Å². The number of hydrogen-bond donors (Lipinski definition) is 0. The van der Waals surface area contributed by atoms with Crippen molar-refractivity contribution in [1.82, 2.24) is 0 Å². The van der Waals surface area contributed by atoms with Crippen LogP contribution in [0.15, 0.2) is 24.3 Å². The molecule has 0 aromatic heterocycles. The van der Waals surface area contributed by atoms with E-state index < -0.39 is 0 Å². The third-order valence-electron chi connectivity index (χ3n) is 2.42. The Morgan fingerprint density at radius 1 is 1.41 bits per heavy atom. The number of carbonyl (C=O) groups excluding carboxylic acids is 1. The first-order valence-corrected chi connectivity index (χ1v) is 5.77. The maximum Gasteiger partial charge on any atom is 0.310 e. The Bertz CT molecular complexity index is 368. The quantitative estimate of drug-likeness (QED) is 0.555. The van der Waals surface area contributed by atoms with Crippen molar-refractivity contribution >= 4 is 5.97 Å². The lowest BCUT2D eigenvalue weighted by Gasteiger charge is -2.05. The summed E-state index contributed by atoms with van der Waals surface area (Å²) in [6.07, 6.45) is 0.564. The fraction of sp³-hybridized carbons (Fsp3) is 0.462. The fourth-order valence-electron chi connectivity index (χ4n) is 1.44. The Balaban J connectivity index is 1.81. The molecule has 0 spiro atoms. The molecule has 4 heteroatoms. The van der Waals surface area contributed by atoms with Crippen molar-refractivity contribution in [3.63, 3.8) is 0 Å². The van der Waals surface area contributed by atoms with E-state index in [4.69, 9.17) is 14.2 Å². The number of epoxide rings is 1. The van der Waals surface area contributed by atoms with Crippen molar-refractivity contribution in [1.29, 1.82) is 0 Å². The van der Waals surface area contributed by atoms with Gasteiger partial charge in [0.05, 0.1) is 19.6 Å². The molecule has 4 nitrogen and oxygen atoms in total. The Morgan fingerprint density at radius 3 is 2.71 bits per heavy atom. The number of rotatable bonds is 6. The summed E-state index contributed by atoms with van der Waals surface area (Å²) in [5.41, 5.74) is 0.929. The van der Waals surface area contributed by atoms with E-state index in [-0.39, 0.29) is 12.1 Å². The third kappa shape index (κ3) is 4.07. The standard InChI is InChI=1S/C13H16O4/c1-2-15-13(14)7-10-3-5-11(6-4-10)16-8-12-9-17-12/h3-6,12H,2,7-9H2,1H3/t12-/m1/s1. The first kappa shape index (κ1) is 11.9. The van der Waals surface area contributed by atoms with Crippen molar-refractivity contribution < 1.29 is 19.0 Å². The highest BCUT2D eigenvalue weighted by atomic mass is 16.6. The van der Waals surface area contributed by atoms with Crippen molar-refractivity contribution in [3.05, 3.63) is 29.8 Å². The predicted molar refractivity (Wildman–Crippen MR) is 62.0 cm³/mol. The van der Waals surface area contributed by atoms with E-state index >= 15 is 0 Å². The number of esters is 1. The smallest absolute Gasteiger partial charge is 0.310 e. The molecule has 0 bridgehead atoms. The molecule has 1 aromatic rings. The highest BCUT2D eigenvalue weighted by Gasteiger charge is 2.22. The van der Waals surface area contributed by atoms with Crippen LogP contribution in [0, 0.1) is 0 Å². The first-order valence-electron chi connectivity index (χ1n) is 5.77. The molecule has 2 rings (SSSR count). The predicted octanol–water partition coefficient (Wildman–Crippen LogP) is 1.57. The van der Waals surface area contributed by atoms with E-state index in [0.717, 1.165) is 17.9 Å². The van der Waals surface area contributed by atoms with Crippen LogP contribution in [-0.4, -0.2) is 31.9 Å². The van der Waals surface area contributed by atoms with Gasteiger partial charge in [0.15, 0.2) is 0 Å². The molecule has 1 heterocycles. The lowest BCUT2D eigenvalue weighted by molar-refractivity contribution is -0.142. The zero-order chi connectivity index (χ0) is 12.1. The van der Waals surface area contributed by atoms with E-state index in [2.05, 4.69) is 0 Å². The Hall–Kier alpha value is -1.55. The number of carbonyl (C=O) groups is 1. The zero-order valence-electron chi connectivity index (χ0n) is 9.85. The van der Waals surface area contributed by atoms with Gasteiger partial charge in [-0.1, -0.05) is 12.1 Å². The highest BCUT2D eigenvalue weighted by Crippen LogP contribution is 2.16. The normalized spacial score (nSPS) is 17.6. The molecule has 1 aromatic carbocycles. The average molecular weight is 236 g/mol. The van der Waals surface area contributed by atoms with Gasteiger partial charge in [0, 0.05) is 0 Å². The first-order chi connectivity index (χ1) is 8.28. The van der Waals surface area contributed by atoms with Crippen molar-refractivity contribution in [2.75, 3.05) is 19.8 Å². The van der Waals surface area contributed by atoms with Crippen LogP contribution in [0.2, 0.25) is 0 Å². The minimum atomic E-state index is -0.201. The summed E-state index contributed by atoms with van der Waals surface area (Å²) in [7, 11) is 0. The maximum absolute atomic E-state index is 11.3. The zero-order valence-corrected chi connectivity index (χ0v) is 9.85. The molecule has 0 N–H and O–H groups in total. The van der Waals surface area contributed by atoms with Crippen LogP contribution in [0.1, 0.15) is 12.5 Å². The second-order valence-electron chi connectivity index (χ2n) is 3.89. The second-order valence-corrected chi connectivity index (χ2v) is 3.89. The van der Waals surface area contributed by atoms with Gasteiger partial charge in [-0.3, -0.25) is 4.79 Å². The molecule has 0 aliphatic carbocycles. The highest BCUT2D eigenvalue weighted by molar-refractivity contribution is 5.72. The summed E-state index contributed by atoms with van der Waals surface area (Å²) >= 11 is 0. The van der Waals surface area contributed by atoms with Crippen LogP contribution < -0.4 is 4.74 Å². The lowest BCUT2D eigenvalue weighted by atomic mass is 10.1. The Labute approximate surface area is 100 Å². The molecule has 1 saturated heterocycles. The van der Waals surface area contributed by atoms with Crippen LogP contribution in [-0.2, 0) is 20.7 Å². The number of ether oxygens (including phenoxy) is 3. The summed E-state index contributed by atoms with van der Waals surface area (Å²) in [4.78, 5) is 11.3. The fourth-order valence-corrected chi connectivity index (χ4v) is 1.44. The van der Waals surface area contributed by atoms with E-state index in [9.17, 15) is 4.79 Å². The molecule has 0 saturated carbocycles. The molecule has 0 unspecified atom stereocenters. The van der Waals surface area contributed by atoms with Gasteiger partial charge in [-0.25, -0.2) is 0 Å². The Kier molecular flexibility index (Phi) is 3.98. The molecule has 0 radical (unpaired) electrons. The van der Waals surface area contributed by atoms with Crippen LogP contribution in [0.25, 0.3) is 0 Å². The number of hydrogen-bond acceptors (Lipinski definition) is 4. The van der Waals surface area contributed by atoms with Crippen LogP contribution in [0.4, 0.5) is 0 Å². The van der Waals surface area contributed by atoms with Gasteiger partial charge in [0.1, 0.15) is 18.5 Å². The molecule has 17 heavy (non-hydrogen) atoms. The molecule has 1 aliphatic rings. The summed E-state index contributed by atoms with van der Waals surface area (Å²) < 4.78 is 15.4. The van der Waals surface area contributed by atoms with E-state index in [1.807, 2.05) is 24.3 Å². The molecular formula is C13H16O4. The monoisotopic (exact) mass is 236 g/mol. The van der Waals surface area contributed by atoms with E-state index in [1.54, 1.807) is 6.92 Å². The van der Waals surface area contributed by atoms with Crippen LogP contribution in [0.3, 0.4) is 0 Å². The summed E-state index contributed by atoms with van der Waals surface area (Å²) in [5.74, 6) is 0.598. The van der Waals surface area contributed by atoms with Crippen LogP contribution in [0.5, 0.6) is 5.75 Å². The van der Waals surface area contributed by atoms with Gasteiger partial charge in [0.2, 0.25) is 0 Å². The summed E-state index contributed by atoms with van der Waals surface area (Å²) in [6.45, 7) is 3.61. The largest absolute Gasteiger partial charge is 0.491 e. The molecular weight excluding hydrogens is 220 g/mol. The van der Waals surface area contributed by atoms with Gasteiger partial charge in [-0.2, -0.15) is 0 Å². The minimum absolute atomic E-state index is 0.201. The lowest BCUT2D eigenvalue weighted by Crippen LogP contribution is -2.07. The molecule has 92 valence electrons. The molecule has 1 fully saturated rings. The van der Waals surface area contributed by atoms with Crippen molar-refractivity contribution in [2.24, 2.45) is 0 Å².